The lowest BCUT2D eigenvalue weighted by molar-refractivity contribution is -0.143. The maximum atomic E-state index is 11.6. The minimum absolute atomic E-state index is 0.182. The molecule has 0 unspecified atom stereocenters. The number of para-hydroxylation sites is 2. The quantitative estimate of drug-likeness (QED) is 0.762. The highest BCUT2D eigenvalue weighted by Crippen LogP contribution is 2.11. The molecule has 0 aliphatic rings. The maximum Gasteiger partial charge on any atom is 0.326 e. The van der Waals surface area contributed by atoms with Gasteiger partial charge in [0, 0.05) is 14.1 Å². The Labute approximate surface area is 105 Å². The Morgan fingerprint density at radius 3 is 2.61 bits per heavy atom. The third kappa shape index (κ3) is 2.03. The van der Waals surface area contributed by atoms with Gasteiger partial charge in [0.25, 0.3) is 0 Å². The number of esters is 1. The fourth-order valence-electron chi connectivity index (χ4n) is 2.13. The van der Waals surface area contributed by atoms with Gasteiger partial charge in [0.15, 0.2) is 0 Å². The number of hydrogen-bond donors (Lipinski definition) is 0. The normalized spacial score (nSPS) is 12.1. The molecule has 0 atom stereocenters. The molecule has 96 valence electrons. The first-order valence-electron chi connectivity index (χ1n) is 5.91. The number of nitrogens with zero attached hydrogens (tertiary/aromatic N) is 3. The fraction of sp³-hybridized carbons (Fsp3) is 0.385. The van der Waals surface area contributed by atoms with Crippen LogP contribution < -0.4 is 5.62 Å². The minimum Gasteiger partial charge on any atom is -0.465 e. The first-order valence-corrected chi connectivity index (χ1v) is 5.91. The molecular formula is C13H17N3O2. The summed E-state index contributed by atoms with van der Waals surface area (Å²) in [5.74, 6) is -0.247. The van der Waals surface area contributed by atoms with E-state index in [0.717, 1.165) is 16.7 Å². The molecule has 1 heterocycles. The number of fused-ring (bicyclic) bond motifs is 1. The number of imidazole rings is 1. The monoisotopic (exact) mass is 247 g/mol. The van der Waals surface area contributed by atoms with Crippen LogP contribution in [-0.2, 0) is 23.1 Å². The largest absolute Gasteiger partial charge is 0.465 e. The number of aryl methyl sites for hydroxylation is 1. The maximum absolute atomic E-state index is 11.6. The second-order valence-electron chi connectivity index (χ2n) is 3.96. The van der Waals surface area contributed by atoms with Crippen molar-refractivity contribution in [3.8, 4) is 0 Å². The number of rotatable bonds is 3. The molecule has 0 N–H and O–H groups in total. The summed E-state index contributed by atoms with van der Waals surface area (Å²) in [6.07, 6.45) is 0. The average molecular weight is 247 g/mol. The van der Waals surface area contributed by atoms with Crippen molar-refractivity contribution in [3.63, 3.8) is 0 Å². The Kier molecular flexibility index (Phi) is 3.50. The SMILES string of the molecule is CCOC(=O)Cn1c(=NC)n(C)c2ccccc21. The van der Waals surface area contributed by atoms with Crippen molar-refractivity contribution in [1.29, 1.82) is 0 Å². The molecule has 0 spiro atoms. The van der Waals surface area contributed by atoms with Gasteiger partial charge < -0.3 is 9.30 Å². The molecule has 0 bridgehead atoms. The lowest BCUT2D eigenvalue weighted by atomic mass is 10.3. The molecule has 5 nitrogen and oxygen atoms in total. The second-order valence-corrected chi connectivity index (χ2v) is 3.96. The van der Waals surface area contributed by atoms with Gasteiger partial charge in [-0.1, -0.05) is 12.1 Å². The molecule has 0 amide bonds. The van der Waals surface area contributed by atoms with E-state index in [1.807, 2.05) is 40.4 Å². The van der Waals surface area contributed by atoms with E-state index in [9.17, 15) is 4.79 Å². The summed E-state index contributed by atoms with van der Waals surface area (Å²) in [7, 11) is 3.65. The van der Waals surface area contributed by atoms with E-state index in [0.29, 0.717) is 6.61 Å². The van der Waals surface area contributed by atoms with Gasteiger partial charge in [0.1, 0.15) is 6.54 Å². The molecule has 0 radical (unpaired) electrons. The van der Waals surface area contributed by atoms with Crippen molar-refractivity contribution >= 4 is 17.0 Å². The highest BCUT2D eigenvalue weighted by Gasteiger charge is 2.11. The number of hydrogen-bond acceptors (Lipinski definition) is 3. The van der Waals surface area contributed by atoms with Crippen molar-refractivity contribution in [3.05, 3.63) is 29.9 Å². The van der Waals surface area contributed by atoms with E-state index in [-0.39, 0.29) is 12.5 Å². The number of carbonyl (C=O) groups excluding carboxylic acids is 1. The first-order chi connectivity index (χ1) is 8.69. The van der Waals surface area contributed by atoms with Crippen LogP contribution in [0.3, 0.4) is 0 Å². The fourth-order valence-corrected chi connectivity index (χ4v) is 2.13. The van der Waals surface area contributed by atoms with E-state index in [4.69, 9.17) is 4.74 Å². The highest BCUT2D eigenvalue weighted by atomic mass is 16.5. The van der Waals surface area contributed by atoms with Crippen LogP contribution in [0.4, 0.5) is 0 Å². The summed E-state index contributed by atoms with van der Waals surface area (Å²) in [5, 5.41) is 0. The van der Waals surface area contributed by atoms with E-state index in [1.165, 1.54) is 0 Å². The number of carbonyl (C=O) groups is 1. The zero-order valence-corrected chi connectivity index (χ0v) is 10.9. The zero-order valence-electron chi connectivity index (χ0n) is 10.9. The van der Waals surface area contributed by atoms with Gasteiger partial charge in [-0.15, -0.1) is 0 Å². The predicted molar refractivity (Wildman–Crippen MR) is 69.0 cm³/mol. The van der Waals surface area contributed by atoms with Crippen molar-refractivity contribution < 1.29 is 9.53 Å². The molecule has 2 aromatic rings. The summed E-state index contributed by atoms with van der Waals surface area (Å²) in [6, 6.07) is 7.90. The Morgan fingerprint density at radius 1 is 1.33 bits per heavy atom. The van der Waals surface area contributed by atoms with Gasteiger partial charge in [-0.05, 0) is 19.1 Å². The Bertz CT molecular complexity index is 637. The molecule has 1 aromatic carbocycles. The second kappa shape index (κ2) is 5.08. The highest BCUT2D eigenvalue weighted by molar-refractivity contribution is 5.78. The zero-order chi connectivity index (χ0) is 13.1. The van der Waals surface area contributed by atoms with Crippen LogP contribution in [0, 0.1) is 0 Å². The summed E-state index contributed by atoms with van der Waals surface area (Å²) >= 11 is 0. The van der Waals surface area contributed by atoms with Gasteiger partial charge in [-0.3, -0.25) is 14.4 Å². The van der Waals surface area contributed by atoms with Crippen LogP contribution in [0.15, 0.2) is 29.3 Å². The molecule has 0 saturated heterocycles. The lowest BCUT2D eigenvalue weighted by Crippen LogP contribution is -2.27. The average Bonchev–Trinajstić information content (AvgIpc) is 2.63. The molecule has 18 heavy (non-hydrogen) atoms. The third-order valence-corrected chi connectivity index (χ3v) is 2.87. The standard InChI is InChI=1S/C13H17N3O2/c1-4-18-12(17)9-16-11-8-6-5-7-10(11)15(3)13(16)14-2/h5-8H,4,9H2,1-3H3. The Morgan fingerprint density at radius 2 is 2.00 bits per heavy atom. The van der Waals surface area contributed by atoms with Crippen LogP contribution in [0.5, 0.6) is 0 Å². The van der Waals surface area contributed by atoms with Crippen molar-refractivity contribution in [2.24, 2.45) is 12.0 Å². The molecule has 0 aliphatic heterocycles. The van der Waals surface area contributed by atoms with E-state index >= 15 is 0 Å². The molecular weight excluding hydrogens is 230 g/mol. The third-order valence-electron chi connectivity index (χ3n) is 2.87. The van der Waals surface area contributed by atoms with E-state index < -0.39 is 0 Å². The molecule has 1 aromatic heterocycles. The van der Waals surface area contributed by atoms with Gasteiger partial charge in [-0.2, -0.15) is 0 Å². The smallest absolute Gasteiger partial charge is 0.326 e. The molecule has 0 aliphatic carbocycles. The van der Waals surface area contributed by atoms with Crippen molar-refractivity contribution in [2.75, 3.05) is 13.7 Å². The van der Waals surface area contributed by atoms with Gasteiger partial charge in [-0.25, -0.2) is 0 Å². The van der Waals surface area contributed by atoms with E-state index in [1.54, 1.807) is 14.0 Å². The molecule has 0 fully saturated rings. The van der Waals surface area contributed by atoms with Crippen LogP contribution in [0.1, 0.15) is 6.92 Å². The summed E-state index contributed by atoms with van der Waals surface area (Å²) in [5.41, 5.74) is 2.78. The van der Waals surface area contributed by atoms with Crippen molar-refractivity contribution in [2.45, 2.75) is 13.5 Å². The topological polar surface area (TPSA) is 48.5 Å². The number of ether oxygens (including phenoxy) is 1. The van der Waals surface area contributed by atoms with Crippen LogP contribution in [-0.4, -0.2) is 28.8 Å². The van der Waals surface area contributed by atoms with Crippen LogP contribution in [0.25, 0.3) is 11.0 Å². The van der Waals surface area contributed by atoms with E-state index in [2.05, 4.69) is 4.99 Å². The molecule has 5 heteroatoms. The van der Waals surface area contributed by atoms with Gasteiger partial charge in [0.2, 0.25) is 5.62 Å². The Hall–Kier alpha value is -2.04. The molecule has 0 saturated carbocycles. The van der Waals surface area contributed by atoms with Gasteiger partial charge in [0.05, 0.1) is 17.6 Å². The Balaban J connectivity index is 2.58. The number of benzene rings is 1. The van der Waals surface area contributed by atoms with Gasteiger partial charge >= 0.3 is 5.97 Å². The minimum atomic E-state index is -0.247. The first kappa shape index (κ1) is 12.4. The lowest BCUT2D eigenvalue weighted by Gasteiger charge is -2.04. The summed E-state index contributed by atoms with van der Waals surface area (Å²) in [4.78, 5) is 15.9. The predicted octanol–water partition coefficient (Wildman–Crippen LogP) is 1.07. The molecule has 2 rings (SSSR count). The summed E-state index contributed by atoms with van der Waals surface area (Å²) < 4.78 is 8.83. The van der Waals surface area contributed by atoms with Crippen LogP contribution >= 0.6 is 0 Å². The van der Waals surface area contributed by atoms with Crippen LogP contribution in [0.2, 0.25) is 0 Å². The number of aromatic nitrogens is 2. The summed E-state index contributed by atoms with van der Waals surface area (Å²) in [6.45, 7) is 2.38. The van der Waals surface area contributed by atoms with Crippen molar-refractivity contribution in [1.82, 2.24) is 9.13 Å².